The van der Waals surface area contributed by atoms with Crippen molar-refractivity contribution in [1.82, 2.24) is 9.88 Å². The topological polar surface area (TPSA) is 25.4 Å². The van der Waals surface area contributed by atoms with Crippen LogP contribution in [0.2, 0.25) is 0 Å². The number of ether oxygens (including phenoxy) is 1. The molecule has 1 atom stereocenters. The molecule has 0 aromatic carbocycles. The summed E-state index contributed by atoms with van der Waals surface area (Å²) in [6.45, 7) is 1.99. The van der Waals surface area contributed by atoms with Gasteiger partial charge in [-0.1, -0.05) is 0 Å². The summed E-state index contributed by atoms with van der Waals surface area (Å²) in [6, 6.07) is 4.38. The van der Waals surface area contributed by atoms with Crippen molar-refractivity contribution in [1.29, 1.82) is 0 Å². The maximum Gasteiger partial charge on any atom is 0.122 e. The Morgan fingerprint density at radius 1 is 1.50 bits per heavy atom. The zero-order valence-corrected chi connectivity index (χ0v) is 8.52. The van der Waals surface area contributed by atoms with Gasteiger partial charge in [0.05, 0.1) is 0 Å². The molecule has 3 heteroatoms. The van der Waals surface area contributed by atoms with Crippen molar-refractivity contribution in [3.8, 4) is 5.75 Å². The maximum atomic E-state index is 5.68. The van der Waals surface area contributed by atoms with Gasteiger partial charge in [0, 0.05) is 18.4 Å². The van der Waals surface area contributed by atoms with E-state index in [1.807, 2.05) is 12.1 Å². The minimum atomic E-state index is 0.586. The molecule has 1 unspecified atom stereocenters. The summed E-state index contributed by atoms with van der Waals surface area (Å²) in [5.74, 6) is 0.917. The molecule has 0 bridgehead atoms. The Bertz CT molecular complexity index is 276. The fourth-order valence-electron chi connectivity index (χ4n) is 1.82. The van der Waals surface area contributed by atoms with Gasteiger partial charge >= 0.3 is 0 Å². The Labute approximate surface area is 84.7 Å². The van der Waals surface area contributed by atoms with E-state index < -0.39 is 0 Å². The first kappa shape index (κ1) is 9.46. The molecule has 1 saturated heterocycles. The standard InChI is InChI=1S/C11H16N2O/c1-13-8-2-3-10(13)9-14-11-4-6-12-7-5-11/h4-7,10H,2-3,8-9H2,1H3. The average molecular weight is 192 g/mol. The molecule has 0 aliphatic carbocycles. The van der Waals surface area contributed by atoms with Crippen molar-refractivity contribution in [2.24, 2.45) is 0 Å². The normalized spacial score (nSPS) is 22.5. The maximum absolute atomic E-state index is 5.68. The van der Waals surface area contributed by atoms with Gasteiger partial charge in [0.2, 0.25) is 0 Å². The molecular formula is C11H16N2O. The van der Waals surface area contributed by atoms with Crippen LogP contribution in [0.15, 0.2) is 24.5 Å². The number of likely N-dealkylation sites (tertiary alicyclic amines) is 1. The fraction of sp³-hybridized carbons (Fsp3) is 0.545. The molecule has 1 aliphatic rings. The highest BCUT2D eigenvalue weighted by atomic mass is 16.5. The fourth-order valence-corrected chi connectivity index (χ4v) is 1.82. The lowest BCUT2D eigenvalue weighted by Gasteiger charge is -2.19. The van der Waals surface area contributed by atoms with Gasteiger partial charge in [-0.2, -0.15) is 0 Å². The van der Waals surface area contributed by atoms with Gasteiger partial charge in [-0.15, -0.1) is 0 Å². The molecule has 76 valence electrons. The van der Waals surface area contributed by atoms with Crippen LogP contribution in [0.4, 0.5) is 0 Å². The molecule has 1 fully saturated rings. The quantitative estimate of drug-likeness (QED) is 0.726. The van der Waals surface area contributed by atoms with Crippen LogP contribution in [-0.2, 0) is 0 Å². The number of nitrogens with zero attached hydrogens (tertiary/aromatic N) is 2. The van der Waals surface area contributed by atoms with Crippen LogP contribution in [0.5, 0.6) is 5.75 Å². The zero-order chi connectivity index (χ0) is 9.80. The van der Waals surface area contributed by atoms with Crippen LogP contribution in [0.25, 0.3) is 0 Å². The molecule has 0 saturated carbocycles. The first-order chi connectivity index (χ1) is 6.86. The van der Waals surface area contributed by atoms with Gasteiger partial charge in [-0.25, -0.2) is 0 Å². The predicted molar refractivity (Wildman–Crippen MR) is 55.4 cm³/mol. The molecule has 1 aromatic rings. The molecule has 0 spiro atoms. The van der Waals surface area contributed by atoms with Crippen LogP contribution in [0.3, 0.4) is 0 Å². The highest BCUT2D eigenvalue weighted by molar-refractivity contribution is 5.16. The van der Waals surface area contributed by atoms with Crippen molar-refractivity contribution in [3.05, 3.63) is 24.5 Å². The second-order valence-corrected chi connectivity index (χ2v) is 3.77. The summed E-state index contributed by atoms with van der Waals surface area (Å²) in [5, 5.41) is 0. The third-order valence-corrected chi connectivity index (χ3v) is 2.76. The third-order valence-electron chi connectivity index (χ3n) is 2.76. The average Bonchev–Trinajstić information content (AvgIpc) is 2.63. The molecule has 0 amide bonds. The number of hydrogen-bond acceptors (Lipinski definition) is 3. The van der Waals surface area contributed by atoms with Crippen molar-refractivity contribution in [2.45, 2.75) is 18.9 Å². The lowest BCUT2D eigenvalue weighted by Crippen LogP contribution is -2.30. The van der Waals surface area contributed by atoms with E-state index in [-0.39, 0.29) is 0 Å². The van der Waals surface area contributed by atoms with Crippen LogP contribution in [0, 0.1) is 0 Å². The summed E-state index contributed by atoms with van der Waals surface area (Å²) < 4.78 is 5.68. The number of hydrogen-bond donors (Lipinski definition) is 0. The Morgan fingerprint density at radius 2 is 2.29 bits per heavy atom. The molecular weight excluding hydrogens is 176 g/mol. The zero-order valence-electron chi connectivity index (χ0n) is 8.52. The van der Waals surface area contributed by atoms with E-state index in [1.165, 1.54) is 19.4 Å². The van der Waals surface area contributed by atoms with E-state index in [0.717, 1.165) is 12.4 Å². The molecule has 1 aliphatic heterocycles. The van der Waals surface area contributed by atoms with Crippen LogP contribution < -0.4 is 4.74 Å². The number of pyridine rings is 1. The first-order valence-electron chi connectivity index (χ1n) is 5.09. The van der Waals surface area contributed by atoms with Crippen molar-refractivity contribution < 1.29 is 4.74 Å². The van der Waals surface area contributed by atoms with E-state index in [4.69, 9.17) is 4.74 Å². The predicted octanol–water partition coefficient (Wildman–Crippen LogP) is 1.55. The van der Waals surface area contributed by atoms with Gasteiger partial charge in [-0.05, 0) is 38.6 Å². The van der Waals surface area contributed by atoms with Crippen LogP contribution in [0.1, 0.15) is 12.8 Å². The van der Waals surface area contributed by atoms with Crippen LogP contribution in [-0.4, -0.2) is 36.1 Å². The molecule has 2 heterocycles. The van der Waals surface area contributed by atoms with E-state index in [1.54, 1.807) is 12.4 Å². The van der Waals surface area contributed by atoms with Crippen molar-refractivity contribution in [3.63, 3.8) is 0 Å². The molecule has 3 nitrogen and oxygen atoms in total. The Hall–Kier alpha value is -1.09. The molecule has 0 N–H and O–H groups in total. The summed E-state index contributed by atoms with van der Waals surface area (Å²) in [5.41, 5.74) is 0. The smallest absolute Gasteiger partial charge is 0.122 e. The second-order valence-electron chi connectivity index (χ2n) is 3.77. The second kappa shape index (κ2) is 4.42. The summed E-state index contributed by atoms with van der Waals surface area (Å²) >= 11 is 0. The number of aromatic nitrogens is 1. The minimum Gasteiger partial charge on any atom is -0.492 e. The molecule has 0 radical (unpaired) electrons. The van der Waals surface area contributed by atoms with Gasteiger partial charge < -0.3 is 9.64 Å². The lowest BCUT2D eigenvalue weighted by atomic mass is 10.2. The Balaban J connectivity index is 1.82. The van der Waals surface area contributed by atoms with E-state index in [9.17, 15) is 0 Å². The van der Waals surface area contributed by atoms with E-state index in [0.29, 0.717) is 6.04 Å². The highest BCUT2D eigenvalue weighted by Crippen LogP contribution is 2.16. The highest BCUT2D eigenvalue weighted by Gasteiger charge is 2.20. The van der Waals surface area contributed by atoms with Gasteiger partial charge in [0.1, 0.15) is 12.4 Å². The first-order valence-corrected chi connectivity index (χ1v) is 5.09. The largest absolute Gasteiger partial charge is 0.492 e. The summed E-state index contributed by atoms with van der Waals surface area (Å²) in [4.78, 5) is 6.31. The Morgan fingerprint density at radius 3 is 2.93 bits per heavy atom. The summed E-state index contributed by atoms with van der Waals surface area (Å²) in [6.07, 6.45) is 6.06. The molecule has 14 heavy (non-hydrogen) atoms. The van der Waals surface area contributed by atoms with Crippen molar-refractivity contribution >= 4 is 0 Å². The van der Waals surface area contributed by atoms with Gasteiger partial charge in [-0.3, -0.25) is 4.98 Å². The Kier molecular flexibility index (Phi) is 2.99. The third kappa shape index (κ3) is 2.23. The number of rotatable bonds is 3. The van der Waals surface area contributed by atoms with Crippen LogP contribution >= 0.6 is 0 Å². The monoisotopic (exact) mass is 192 g/mol. The van der Waals surface area contributed by atoms with E-state index >= 15 is 0 Å². The summed E-state index contributed by atoms with van der Waals surface area (Å²) in [7, 11) is 2.16. The SMILES string of the molecule is CN1CCCC1COc1ccncc1. The molecule has 2 rings (SSSR count). The minimum absolute atomic E-state index is 0.586. The van der Waals surface area contributed by atoms with Gasteiger partial charge in [0.15, 0.2) is 0 Å². The molecule has 1 aromatic heterocycles. The van der Waals surface area contributed by atoms with Gasteiger partial charge in [0.25, 0.3) is 0 Å². The van der Waals surface area contributed by atoms with Crippen molar-refractivity contribution in [2.75, 3.05) is 20.2 Å². The van der Waals surface area contributed by atoms with E-state index in [2.05, 4.69) is 16.9 Å². The lowest BCUT2D eigenvalue weighted by molar-refractivity contribution is 0.198. The number of likely N-dealkylation sites (N-methyl/N-ethyl adjacent to an activating group) is 1.